The first kappa shape index (κ1) is 15.3. The van der Waals surface area contributed by atoms with Crippen molar-refractivity contribution in [3.63, 3.8) is 0 Å². The van der Waals surface area contributed by atoms with Gasteiger partial charge >= 0.3 is 0 Å². The van der Waals surface area contributed by atoms with Gasteiger partial charge in [-0.15, -0.1) is 0 Å². The summed E-state index contributed by atoms with van der Waals surface area (Å²) in [5.41, 5.74) is 0. The Hall–Kier alpha value is -0.140. The van der Waals surface area contributed by atoms with Crippen molar-refractivity contribution in [3.05, 3.63) is 27.7 Å². The molecule has 1 saturated heterocycles. The summed E-state index contributed by atoms with van der Waals surface area (Å²) in [6.45, 7) is 5.02. The molecule has 19 heavy (non-hydrogen) atoms. The fourth-order valence-electron chi connectivity index (χ4n) is 2.10. The predicted octanol–water partition coefficient (Wildman–Crippen LogP) is 2.47. The van der Waals surface area contributed by atoms with Crippen molar-refractivity contribution in [2.75, 3.05) is 13.1 Å². The Kier molecular flexibility index (Phi) is 4.57. The van der Waals surface area contributed by atoms with Gasteiger partial charge in [0.15, 0.2) is 0 Å². The SMILES string of the molecule is CC1CN(S(=O)(=O)c2ccc(Cl)c(Br)c2)C(C)CN1. The van der Waals surface area contributed by atoms with Crippen LogP contribution in [0.2, 0.25) is 5.02 Å². The predicted molar refractivity (Wildman–Crippen MR) is 80.0 cm³/mol. The Morgan fingerprint density at radius 2 is 2.11 bits per heavy atom. The van der Waals surface area contributed by atoms with Crippen LogP contribution in [0.25, 0.3) is 0 Å². The highest BCUT2D eigenvalue weighted by molar-refractivity contribution is 9.10. The second kappa shape index (κ2) is 5.69. The van der Waals surface area contributed by atoms with Crippen LogP contribution in [0.5, 0.6) is 0 Å². The number of nitrogens with one attached hydrogen (secondary N) is 1. The van der Waals surface area contributed by atoms with Crippen molar-refractivity contribution in [3.8, 4) is 0 Å². The Morgan fingerprint density at radius 1 is 1.42 bits per heavy atom. The number of sulfonamides is 1. The first-order chi connectivity index (χ1) is 8.82. The molecule has 0 aromatic heterocycles. The van der Waals surface area contributed by atoms with E-state index in [4.69, 9.17) is 11.6 Å². The number of benzene rings is 1. The van der Waals surface area contributed by atoms with Gasteiger partial charge in [0.2, 0.25) is 10.0 Å². The van der Waals surface area contributed by atoms with Crippen LogP contribution in [0.4, 0.5) is 0 Å². The van der Waals surface area contributed by atoms with Crippen LogP contribution < -0.4 is 5.32 Å². The molecule has 2 rings (SSSR count). The molecule has 7 heteroatoms. The molecule has 1 heterocycles. The third-order valence-corrected chi connectivity index (χ3v) is 6.39. The lowest BCUT2D eigenvalue weighted by Crippen LogP contribution is -2.56. The summed E-state index contributed by atoms with van der Waals surface area (Å²) < 4.78 is 27.4. The summed E-state index contributed by atoms with van der Waals surface area (Å²) in [6, 6.07) is 4.78. The minimum atomic E-state index is -3.48. The molecular formula is C12H16BrClN2O2S. The van der Waals surface area contributed by atoms with Crippen LogP contribution in [0, 0.1) is 0 Å². The molecule has 1 aliphatic heterocycles. The summed E-state index contributed by atoms with van der Waals surface area (Å²) in [7, 11) is -3.48. The smallest absolute Gasteiger partial charge is 0.243 e. The number of nitrogens with zero attached hydrogens (tertiary/aromatic N) is 1. The first-order valence-corrected chi connectivity index (χ1v) is 8.63. The molecule has 0 saturated carbocycles. The van der Waals surface area contributed by atoms with Crippen molar-refractivity contribution in [1.29, 1.82) is 0 Å². The largest absolute Gasteiger partial charge is 0.311 e. The molecule has 0 spiro atoms. The van der Waals surface area contributed by atoms with Gasteiger partial charge < -0.3 is 5.32 Å². The van der Waals surface area contributed by atoms with Gasteiger partial charge in [-0.2, -0.15) is 4.31 Å². The molecule has 1 aromatic carbocycles. The van der Waals surface area contributed by atoms with E-state index in [1.165, 1.54) is 0 Å². The van der Waals surface area contributed by atoms with Crippen LogP contribution in [0.1, 0.15) is 13.8 Å². The zero-order valence-corrected chi connectivity index (χ0v) is 13.9. The Balaban J connectivity index is 2.38. The monoisotopic (exact) mass is 366 g/mol. The second-order valence-corrected chi connectivity index (χ2v) is 7.96. The standard InChI is InChI=1S/C12H16BrClN2O2S/c1-8-7-16(9(2)6-15-8)19(17,18)10-3-4-12(14)11(13)5-10/h3-5,8-9,15H,6-7H2,1-2H3. The van der Waals surface area contributed by atoms with E-state index in [9.17, 15) is 8.42 Å². The average molecular weight is 368 g/mol. The normalized spacial score (nSPS) is 25.5. The molecule has 0 radical (unpaired) electrons. The van der Waals surface area contributed by atoms with Crippen LogP contribution >= 0.6 is 27.5 Å². The number of hydrogen-bond acceptors (Lipinski definition) is 3. The molecule has 106 valence electrons. The van der Waals surface area contributed by atoms with Gasteiger partial charge in [0.1, 0.15) is 0 Å². The highest BCUT2D eigenvalue weighted by Gasteiger charge is 2.33. The van der Waals surface area contributed by atoms with Crippen molar-refractivity contribution in [2.24, 2.45) is 0 Å². The summed E-state index contributed by atoms with van der Waals surface area (Å²) in [5.74, 6) is 0. The van der Waals surface area contributed by atoms with Crippen LogP contribution in [0.3, 0.4) is 0 Å². The Labute approximate surface area is 127 Å². The number of rotatable bonds is 2. The molecule has 0 aliphatic carbocycles. The van der Waals surface area contributed by atoms with Gasteiger partial charge in [-0.05, 0) is 48.0 Å². The maximum absolute atomic E-state index is 12.6. The van der Waals surface area contributed by atoms with Crippen LogP contribution in [-0.2, 0) is 10.0 Å². The van der Waals surface area contributed by atoms with Gasteiger partial charge in [-0.25, -0.2) is 8.42 Å². The van der Waals surface area contributed by atoms with Crippen molar-refractivity contribution >= 4 is 37.6 Å². The van der Waals surface area contributed by atoms with E-state index < -0.39 is 10.0 Å². The number of halogens is 2. The second-order valence-electron chi connectivity index (χ2n) is 4.81. The highest BCUT2D eigenvalue weighted by Crippen LogP contribution is 2.28. The molecule has 4 nitrogen and oxygen atoms in total. The lowest BCUT2D eigenvalue weighted by Gasteiger charge is -2.36. The van der Waals surface area contributed by atoms with Gasteiger partial charge in [-0.1, -0.05) is 11.6 Å². The van der Waals surface area contributed by atoms with E-state index in [1.54, 1.807) is 22.5 Å². The van der Waals surface area contributed by atoms with E-state index in [2.05, 4.69) is 21.2 Å². The molecule has 0 amide bonds. The lowest BCUT2D eigenvalue weighted by molar-refractivity contribution is 0.244. The van der Waals surface area contributed by atoms with Gasteiger partial charge in [-0.3, -0.25) is 0 Å². The minimum Gasteiger partial charge on any atom is -0.311 e. The highest BCUT2D eigenvalue weighted by atomic mass is 79.9. The minimum absolute atomic E-state index is 0.0596. The summed E-state index contributed by atoms with van der Waals surface area (Å²) in [5, 5.41) is 3.77. The molecule has 2 atom stereocenters. The quantitative estimate of drug-likeness (QED) is 0.873. The van der Waals surface area contributed by atoms with Crippen molar-refractivity contribution in [2.45, 2.75) is 30.8 Å². The number of piperazine rings is 1. The van der Waals surface area contributed by atoms with E-state index in [0.29, 0.717) is 22.6 Å². The number of hydrogen-bond donors (Lipinski definition) is 1. The molecule has 1 N–H and O–H groups in total. The summed E-state index contributed by atoms with van der Waals surface area (Å²) in [4.78, 5) is 0.268. The maximum atomic E-state index is 12.6. The third kappa shape index (κ3) is 3.13. The molecular weight excluding hydrogens is 352 g/mol. The van der Waals surface area contributed by atoms with Gasteiger partial charge in [0, 0.05) is 29.6 Å². The maximum Gasteiger partial charge on any atom is 0.243 e. The van der Waals surface area contributed by atoms with E-state index in [0.717, 1.165) is 0 Å². The third-order valence-electron chi connectivity index (χ3n) is 3.20. The molecule has 2 unspecified atom stereocenters. The molecule has 0 bridgehead atoms. The topological polar surface area (TPSA) is 49.4 Å². The van der Waals surface area contributed by atoms with Crippen molar-refractivity contribution in [1.82, 2.24) is 9.62 Å². The summed E-state index contributed by atoms with van der Waals surface area (Å²) >= 11 is 9.17. The van der Waals surface area contributed by atoms with E-state index >= 15 is 0 Å². The van der Waals surface area contributed by atoms with Crippen molar-refractivity contribution < 1.29 is 8.42 Å². The Bertz CT molecular complexity index is 579. The zero-order valence-electron chi connectivity index (χ0n) is 10.7. The zero-order chi connectivity index (χ0) is 14.2. The Morgan fingerprint density at radius 3 is 2.74 bits per heavy atom. The van der Waals surface area contributed by atoms with Gasteiger partial charge in [0.25, 0.3) is 0 Å². The van der Waals surface area contributed by atoms with Crippen LogP contribution in [-0.4, -0.2) is 37.9 Å². The average Bonchev–Trinajstić information content (AvgIpc) is 2.35. The summed E-state index contributed by atoms with van der Waals surface area (Å²) in [6.07, 6.45) is 0. The lowest BCUT2D eigenvalue weighted by atomic mass is 10.2. The van der Waals surface area contributed by atoms with Crippen LogP contribution in [0.15, 0.2) is 27.6 Å². The molecule has 1 aromatic rings. The first-order valence-electron chi connectivity index (χ1n) is 6.02. The van der Waals surface area contributed by atoms with E-state index in [-0.39, 0.29) is 17.0 Å². The molecule has 1 aliphatic rings. The fourth-order valence-corrected chi connectivity index (χ4v) is 4.49. The van der Waals surface area contributed by atoms with Gasteiger partial charge in [0.05, 0.1) is 9.92 Å². The molecule has 1 fully saturated rings. The fraction of sp³-hybridized carbons (Fsp3) is 0.500. The van der Waals surface area contributed by atoms with E-state index in [1.807, 2.05) is 13.8 Å².